The summed E-state index contributed by atoms with van der Waals surface area (Å²) < 4.78 is 23.6. The zero-order chi connectivity index (χ0) is 74.0. The molecule has 107 heavy (non-hydrogen) atoms. The lowest BCUT2D eigenvalue weighted by Crippen LogP contribution is -2.53. The van der Waals surface area contributed by atoms with Crippen molar-refractivity contribution in [2.45, 2.75) is 209 Å². The molecule has 20 nitrogen and oxygen atoms in total. The highest BCUT2D eigenvalue weighted by Crippen LogP contribution is 2.49. The highest BCUT2D eigenvalue weighted by atomic mass is 16.6. The lowest BCUT2D eigenvalue weighted by atomic mass is 9.81. The highest BCUT2D eigenvalue weighted by Gasteiger charge is 2.50. The number of ether oxygens (including phenoxy) is 4. The van der Waals surface area contributed by atoms with E-state index in [4.69, 9.17) is 23.8 Å². The molecule has 5 saturated heterocycles. The second-order valence-corrected chi connectivity index (χ2v) is 32.0. The monoisotopic (exact) mass is 1450 g/mol. The molecule has 2 saturated carbocycles. The molecular formula is C87H110N10O10. The molecule has 0 atom stereocenters. The molecule has 9 aliphatic heterocycles. The third-order valence-electron chi connectivity index (χ3n) is 24.4. The largest absolute Gasteiger partial charge is 0.438 e. The summed E-state index contributed by atoms with van der Waals surface area (Å²) in [6.07, 6.45) is 20.3. The van der Waals surface area contributed by atoms with Crippen LogP contribution in [0.25, 0.3) is 0 Å². The average molecular weight is 1460 g/mol. The molecule has 7 fully saturated rings. The number of hydrogen-bond donors (Lipinski definition) is 3. The molecule has 0 unspecified atom stereocenters. The quantitative estimate of drug-likeness (QED) is 0.0665. The van der Waals surface area contributed by atoms with E-state index in [0.29, 0.717) is 24.5 Å². The van der Waals surface area contributed by atoms with Gasteiger partial charge in [0, 0.05) is 176 Å². The molecule has 0 bridgehead atoms. The number of nitrogens with one attached hydrogen (secondary N) is 3. The standard InChI is InChI=1S/C24H27N3O3.C23H34N2O2.C21H29N3O3.C19H20N2O2/c28-22(18-6-2-1-3-7-18)27-14-10-19(11-15-27)26-16-12-24(13-17-26)20-8-4-5-9-21(20)25-23(29)30-24;1-18(2)17-25-21-12-8-7-11-20(21)23(27-22(25)26)13-15-24(16-14-23)19-9-5-3-4-6-10-19;1-15(2)27-23-16-7-9-17(10-8-16)24-13-11-21(12-14-24)18-5-3-4-6-19(18)22-20(25)26-21;22-18-20-17-9-5-4-8-16(17)19(23-18)10-12-21(13-11-19)14-15-6-2-1-3-7-15/h1-9,19H,10-17H2,(H,25,29);7-8,11-12,18-19H,3-6,9-10,13-17H2,1-2H3;3-6,15,17H,7-14H2,1-2H3,(H,22,25);1-9H,10-14H2,(H,20,22). The second kappa shape index (κ2) is 33.8. The van der Waals surface area contributed by atoms with Gasteiger partial charge in [0.25, 0.3) is 5.91 Å². The van der Waals surface area contributed by atoms with Crippen LogP contribution >= 0.6 is 0 Å². The third kappa shape index (κ3) is 17.4. The van der Waals surface area contributed by atoms with Gasteiger partial charge in [0.2, 0.25) is 0 Å². The number of rotatable bonds is 10. The Morgan fingerprint density at radius 1 is 0.449 bits per heavy atom. The fraction of sp³-hybridized carbons (Fsp3) is 0.517. The van der Waals surface area contributed by atoms with Crippen molar-refractivity contribution in [3.63, 3.8) is 0 Å². The van der Waals surface area contributed by atoms with Gasteiger partial charge in [-0.15, -0.1) is 0 Å². The molecule has 3 N–H and O–H groups in total. The molecule has 20 heteroatoms. The summed E-state index contributed by atoms with van der Waals surface area (Å²) in [6.45, 7) is 19.2. The van der Waals surface area contributed by atoms with Crippen molar-refractivity contribution < 1.29 is 47.8 Å². The van der Waals surface area contributed by atoms with Gasteiger partial charge in [-0.25, -0.2) is 19.2 Å². The first-order valence-electron chi connectivity index (χ1n) is 40.0. The van der Waals surface area contributed by atoms with Crippen LogP contribution < -0.4 is 20.9 Å². The number of likely N-dealkylation sites (tertiary alicyclic amines) is 5. The van der Waals surface area contributed by atoms with Crippen LogP contribution in [-0.2, 0) is 52.7 Å². The number of para-hydroxylation sites is 4. The third-order valence-corrected chi connectivity index (χ3v) is 24.4. The van der Waals surface area contributed by atoms with Crippen LogP contribution in [0.2, 0.25) is 0 Å². The fourth-order valence-corrected chi connectivity index (χ4v) is 18.6. The van der Waals surface area contributed by atoms with Gasteiger partial charge in [-0.1, -0.05) is 166 Å². The van der Waals surface area contributed by atoms with E-state index in [1.165, 1.54) is 55.4 Å². The lowest BCUT2D eigenvalue weighted by molar-refractivity contribution is -0.0511. The molecule has 5 amide bonds. The molecule has 2 aliphatic carbocycles. The number of amides is 5. The SMILES string of the molecule is CC(C)CN1C(=O)OC2(CCN(C3CCCCCC3)CC2)c2ccccc21.CC(C)ON=C1CCC(N2CCC3(CC2)OC(=O)Nc2ccccc23)CC1.O=C1Nc2ccccc2C2(CCN(C3CCN(C(=O)c4ccccc4)CC3)CC2)O1.O=C1Nc2ccccc2C2(CCN(Cc3ccccc3)CC2)O1. The predicted molar refractivity (Wildman–Crippen MR) is 418 cm³/mol. The number of benzene rings is 6. The van der Waals surface area contributed by atoms with Crippen LogP contribution in [-0.4, -0.2) is 157 Å². The summed E-state index contributed by atoms with van der Waals surface area (Å²) in [5, 5.41) is 12.8. The smallest absolute Gasteiger partial charge is 0.415 e. The predicted octanol–water partition coefficient (Wildman–Crippen LogP) is 17.2. The van der Waals surface area contributed by atoms with E-state index >= 15 is 0 Å². The summed E-state index contributed by atoms with van der Waals surface area (Å²) >= 11 is 0. The Labute approximate surface area is 632 Å². The Morgan fingerprint density at radius 2 is 0.841 bits per heavy atom. The summed E-state index contributed by atoms with van der Waals surface area (Å²) in [5.41, 5.74) is 9.65. The Hall–Kier alpha value is -8.82. The van der Waals surface area contributed by atoms with E-state index in [0.717, 1.165) is 213 Å². The van der Waals surface area contributed by atoms with Crippen molar-refractivity contribution in [1.82, 2.24) is 24.5 Å². The minimum atomic E-state index is -0.514. The number of hydrogen-bond acceptors (Lipinski definition) is 15. The van der Waals surface area contributed by atoms with Gasteiger partial charge in [-0.2, -0.15) is 0 Å². The van der Waals surface area contributed by atoms with Crippen LogP contribution in [0.4, 0.5) is 41.9 Å². The van der Waals surface area contributed by atoms with E-state index in [9.17, 15) is 24.0 Å². The van der Waals surface area contributed by atoms with Crippen LogP contribution in [0.1, 0.15) is 194 Å². The molecule has 0 radical (unpaired) electrons. The minimum Gasteiger partial charge on any atom is -0.438 e. The first kappa shape index (κ1) is 75.0. The minimum absolute atomic E-state index is 0.130. The van der Waals surface area contributed by atoms with Crippen molar-refractivity contribution >= 4 is 58.7 Å². The fourth-order valence-electron chi connectivity index (χ4n) is 18.6. The Balaban J connectivity index is 0.000000120. The molecule has 6 aromatic rings. The van der Waals surface area contributed by atoms with Gasteiger partial charge < -0.3 is 38.5 Å². The summed E-state index contributed by atoms with van der Waals surface area (Å²) in [4.78, 5) is 81.1. The Kier molecular flexibility index (Phi) is 23.7. The maximum absolute atomic E-state index is 12.9. The van der Waals surface area contributed by atoms with Gasteiger partial charge in [0.1, 0.15) is 28.5 Å². The molecule has 4 spiro atoms. The average Bonchev–Trinajstić information content (AvgIpc) is 0.873. The second-order valence-electron chi connectivity index (χ2n) is 32.0. The van der Waals surface area contributed by atoms with E-state index in [-0.39, 0.29) is 36.4 Å². The molecule has 6 aromatic carbocycles. The zero-order valence-corrected chi connectivity index (χ0v) is 63.2. The van der Waals surface area contributed by atoms with E-state index in [2.05, 4.69) is 115 Å². The first-order valence-corrected chi connectivity index (χ1v) is 40.0. The Morgan fingerprint density at radius 3 is 1.30 bits per heavy atom. The van der Waals surface area contributed by atoms with Gasteiger partial charge >= 0.3 is 24.4 Å². The van der Waals surface area contributed by atoms with Gasteiger partial charge in [0.05, 0.1) is 28.5 Å². The number of fused-ring (bicyclic) bond motifs is 8. The van der Waals surface area contributed by atoms with Gasteiger partial charge in [-0.3, -0.25) is 35.4 Å². The molecule has 11 aliphatic rings. The maximum Gasteiger partial charge on any atom is 0.415 e. The number of oxime groups is 1. The number of carbonyl (C=O) groups excluding carboxylic acids is 5. The van der Waals surface area contributed by atoms with Crippen molar-refractivity contribution in [3.05, 3.63) is 191 Å². The van der Waals surface area contributed by atoms with Crippen LogP contribution in [0, 0.1) is 5.92 Å². The van der Waals surface area contributed by atoms with Gasteiger partial charge in [0.15, 0.2) is 0 Å². The van der Waals surface area contributed by atoms with E-state index in [1.54, 1.807) is 0 Å². The molecule has 17 rings (SSSR count). The van der Waals surface area contributed by atoms with Crippen molar-refractivity contribution in [3.8, 4) is 0 Å². The van der Waals surface area contributed by atoms with Crippen LogP contribution in [0.3, 0.4) is 0 Å². The Bertz CT molecular complexity index is 4040. The van der Waals surface area contributed by atoms with Crippen molar-refractivity contribution in [2.75, 3.05) is 92.8 Å². The highest BCUT2D eigenvalue weighted by molar-refractivity contribution is 5.95. The molecule has 568 valence electrons. The molecule has 9 heterocycles. The normalized spacial score (nSPS) is 22.6. The van der Waals surface area contributed by atoms with E-state index in [1.807, 2.05) is 121 Å². The molecule has 0 aromatic heterocycles. The van der Waals surface area contributed by atoms with Gasteiger partial charge in [-0.05, 0) is 113 Å². The van der Waals surface area contributed by atoms with Crippen LogP contribution in [0.15, 0.2) is 163 Å². The number of carbonyl (C=O) groups is 5. The molecular weight excluding hydrogens is 1350 g/mol. The number of anilines is 4. The maximum atomic E-state index is 12.9. The zero-order valence-electron chi connectivity index (χ0n) is 63.2. The van der Waals surface area contributed by atoms with Crippen molar-refractivity contribution in [2.24, 2.45) is 11.1 Å². The summed E-state index contributed by atoms with van der Waals surface area (Å²) in [6, 6.07) is 54.2. The summed E-state index contributed by atoms with van der Waals surface area (Å²) in [7, 11) is 0. The van der Waals surface area contributed by atoms with Crippen molar-refractivity contribution in [1.29, 1.82) is 0 Å². The van der Waals surface area contributed by atoms with Crippen LogP contribution in [0.5, 0.6) is 0 Å². The lowest BCUT2D eigenvalue weighted by Gasteiger charge is -2.48. The van der Waals surface area contributed by atoms with E-state index < -0.39 is 22.4 Å². The first-order chi connectivity index (χ1) is 52.0. The number of piperidine rings is 5. The topological polar surface area (TPSA) is 199 Å². The summed E-state index contributed by atoms with van der Waals surface area (Å²) in [5.74, 6) is 0.543. The number of nitrogens with zero attached hydrogens (tertiary/aromatic N) is 7.